The average Bonchev–Trinajstić information content (AvgIpc) is 2.33. The van der Waals surface area contributed by atoms with Crippen LogP contribution < -0.4 is 11.2 Å². The molecular formula is C11H18ClN2O5P. The highest BCUT2D eigenvalue weighted by atomic mass is 35.5. The summed E-state index contributed by atoms with van der Waals surface area (Å²) in [4.78, 5) is 24.7. The highest BCUT2D eigenvalue weighted by Gasteiger charge is 2.22. The van der Waals surface area contributed by atoms with Crippen molar-refractivity contribution in [2.75, 3.05) is 19.4 Å². The molecule has 0 fully saturated rings. The van der Waals surface area contributed by atoms with Gasteiger partial charge in [0.2, 0.25) is 0 Å². The predicted molar refractivity (Wildman–Crippen MR) is 76.7 cm³/mol. The molecule has 20 heavy (non-hydrogen) atoms. The van der Waals surface area contributed by atoms with Gasteiger partial charge in [-0.15, -0.1) is 0 Å². The van der Waals surface area contributed by atoms with Crippen LogP contribution in [-0.2, 0) is 20.2 Å². The van der Waals surface area contributed by atoms with Crippen molar-refractivity contribution in [3.63, 3.8) is 0 Å². The highest BCUT2D eigenvalue weighted by molar-refractivity contribution is 7.53. The molecule has 0 atom stereocenters. The maximum absolute atomic E-state index is 12.2. The summed E-state index contributed by atoms with van der Waals surface area (Å²) in [6.45, 7) is 4.26. The maximum Gasteiger partial charge on any atom is 0.330 e. The van der Waals surface area contributed by atoms with Crippen LogP contribution in [0.25, 0.3) is 0 Å². The summed E-state index contributed by atoms with van der Waals surface area (Å²) in [5.41, 5.74) is -1.14. The normalized spacial score (nSPS) is 11.8. The van der Waals surface area contributed by atoms with Gasteiger partial charge in [-0.1, -0.05) is 11.6 Å². The molecule has 7 nitrogen and oxygen atoms in total. The zero-order valence-electron chi connectivity index (χ0n) is 11.4. The third-order valence-electron chi connectivity index (χ3n) is 2.45. The quantitative estimate of drug-likeness (QED) is 0.582. The van der Waals surface area contributed by atoms with Crippen LogP contribution in [0.2, 0.25) is 5.15 Å². The van der Waals surface area contributed by atoms with Crippen molar-refractivity contribution >= 4 is 19.2 Å². The van der Waals surface area contributed by atoms with Gasteiger partial charge in [0.25, 0.3) is 5.56 Å². The Bertz CT molecular complexity index is 587. The van der Waals surface area contributed by atoms with E-state index in [9.17, 15) is 14.2 Å². The van der Waals surface area contributed by atoms with E-state index >= 15 is 0 Å². The minimum atomic E-state index is -3.13. The van der Waals surface area contributed by atoms with Crippen molar-refractivity contribution in [3.8, 4) is 0 Å². The first-order chi connectivity index (χ1) is 9.41. The Kier molecular flexibility index (Phi) is 6.68. The van der Waals surface area contributed by atoms with E-state index in [0.717, 1.165) is 6.07 Å². The number of hydrogen-bond donors (Lipinski definition) is 1. The molecular weight excluding hydrogens is 307 g/mol. The SMILES string of the molecule is CCOP(=O)(CCCn1c(Cl)cc(=O)[nH]c1=O)OCC. The lowest BCUT2D eigenvalue weighted by atomic mass is 10.4. The molecule has 0 aliphatic heterocycles. The number of nitrogens with one attached hydrogen (secondary N) is 1. The fourth-order valence-corrected chi connectivity index (χ4v) is 3.59. The molecule has 1 aromatic rings. The fourth-order valence-electron chi connectivity index (χ4n) is 1.68. The van der Waals surface area contributed by atoms with E-state index in [0.29, 0.717) is 6.42 Å². The molecule has 1 aromatic heterocycles. The topological polar surface area (TPSA) is 90.4 Å². The van der Waals surface area contributed by atoms with Gasteiger partial charge in [0.15, 0.2) is 0 Å². The Morgan fingerprint density at radius 2 is 1.90 bits per heavy atom. The lowest BCUT2D eigenvalue weighted by molar-refractivity contribution is 0.219. The zero-order valence-corrected chi connectivity index (χ0v) is 13.1. The second-order valence-corrected chi connectivity index (χ2v) is 6.51. The monoisotopic (exact) mass is 324 g/mol. The van der Waals surface area contributed by atoms with Crippen molar-refractivity contribution in [3.05, 3.63) is 32.1 Å². The first-order valence-electron chi connectivity index (χ1n) is 6.29. The smallest absolute Gasteiger partial charge is 0.309 e. The summed E-state index contributed by atoms with van der Waals surface area (Å²) in [5.74, 6) is 0. The van der Waals surface area contributed by atoms with Crippen LogP contribution in [-0.4, -0.2) is 28.9 Å². The molecule has 9 heteroatoms. The average molecular weight is 325 g/mol. The van der Waals surface area contributed by atoms with Crippen molar-refractivity contribution < 1.29 is 13.6 Å². The van der Waals surface area contributed by atoms with Crippen LogP contribution in [0.15, 0.2) is 15.7 Å². The Morgan fingerprint density at radius 3 is 2.40 bits per heavy atom. The summed E-state index contributed by atoms with van der Waals surface area (Å²) in [7, 11) is -3.13. The maximum atomic E-state index is 12.2. The van der Waals surface area contributed by atoms with Crippen molar-refractivity contribution in [1.82, 2.24) is 9.55 Å². The van der Waals surface area contributed by atoms with Gasteiger partial charge in [-0.25, -0.2) is 4.79 Å². The zero-order chi connectivity index (χ0) is 15.2. The molecule has 114 valence electrons. The predicted octanol–water partition coefficient (Wildman–Crippen LogP) is 1.85. The second kappa shape index (κ2) is 7.78. The van der Waals surface area contributed by atoms with E-state index in [1.807, 2.05) is 0 Å². The van der Waals surface area contributed by atoms with E-state index < -0.39 is 18.8 Å². The van der Waals surface area contributed by atoms with Crippen LogP contribution in [0.5, 0.6) is 0 Å². The first kappa shape index (κ1) is 17.2. The number of aromatic nitrogens is 2. The van der Waals surface area contributed by atoms with Crippen LogP contribution >= 0.6 is 19.2 Å². The third-order valence-corrected chi connectivity index (χ3v) is 4.93. The third kappa shape index (κ3) is 4.90. The summed E-state index contributed by atoms with van der Waals surface area (Å²) in [6.07, 6.45) is 0.555. The van der Waals surface area contributed by atoms with Crippen LogP contribution in [0.4, 0.5) is 0 Å². The minimum absolute atomic E-state index is 0.0430. The summed E-state index contributed by atoms with van der Waals surface area (Å²) in [5, 5.41) is 0.0430. The summed E-state index contributed by atoms with van der Waals surface area (Å²) in [6, 6.07) is 1.12. The molecule has 1 rings (SSSR count). The van der Waals surface area contributed by atoms with Crippen molar-refractivity contribution in [1.29, 1.82) is 0 Å². The molecule has 0 aromatic carbocycles. The molecule has 0 aliphatic rings. The van der Waals surface area contributed by atoms with Gasteiger partial charge in [0, 0.05) is 12.6 Å². The van der Waals surface area contributed by atoms with Gasteiger partial charge in [-0.05, 0) is 20.3 Å². The molecule has 0 bridgehead atoms. The number of nitrogens with zero attached hydrogens (tertiary/aromatic N) is 1. The molecule has 0 spiro atoms. The summed E-state index contributed by atoms with van der Waals surface area (Å²) >= 11 is 5.82. The van der Waals surface area contributed by atoms with Gasteiger partial charge in [0.1, 0.15) is 5.15 Å². The minimum Gasteiger partial charge on any atom is -0.309 e. The fraction of sp³-hybridized carbons (Fsp3) is 0.636. The molecule has 1 N–H and O–H groups in total. The second-order valence-electron chi connectivity index (χ2n) is 3.94. The summed E-state index contributed by atoms with van der Waals surface area (Å²) < 4.78 is 23.7. The molecule has 1 heterocycles. The van der Waals surface area contributed by atoms with E-state index in [1.54, 1.807) is 13.8 Å². The van der Waals surface area contributed by atoms with Gasteiger partial charge < -0.3 is 9.05 Å². The van der Waals surface area contributed by atoms with Gasteiger partial charge in [-0.2, -0.15) is 0 Å². The van der Waals surface area contributed by atoms with Gasteiger partial charge in [-0.3, -0.25) is 18.9 Å². The standard InChI is InChI=1S/C11H18ClN2O5P/c1-3-18-20(17,19-4-2)7-5-6-14-9(12)8-10(15)13-11(14)16/h8H,3-7H2,1-2H3,(H,13,15,16). The van der Waals surface area contributed by atoms with Crippen LogP contribution in [0, 0.1) is 0 Å². The number of rotatable bonds is 8. The molecule has 0 saturated heterocycles. The van der Waals surface area contributed by atoms with E-state index in [1.165, 1.54) is 4.57 Å². The molecule has 0 radical (unpaired) electrons. The molecule has 0 aliphatic carbocycles. The Hall–Kier alpha value is -0.880. The van der Waals surface area contributed by atoms with Crippen LogP contribution in [0.3, 0.4) is 0 Å². The largest absolute Gasteiger partial charge is 0.330 e. The lowest BCUT2D eigenvalue weighted by Gasteiger charge is -2.17. The van der Waals surface area contributed by atoms with Crippen molar-refractivity contribution in [2.24, 2.45) is 0 Å². The van der Waals surface area contributed by atoms with Gasteiger partial charge in [0.05, 0.1) is 19.4 Å². The van der Waals surface area contributed by atoms with E-state index in [4.69, 9.17) is 20.6 Å². The Balaban J connectivity index is 2.71. The number of H-pyrrole nitrogens is 1. The van der Waals surface area contributed by atoms with E-state index in [-0.39, 0.29) is 31.1 Å². The molecule has 0 saturated carbocycles. The van der Waals surface area contributed by atoms with Crippen molar-refractivity contribution in [2.45, 2.75) is 26.8 Å². The lowest BCUT2D eigenvalue weighted by Crippen LogP contribution is -2.30. The Labute approximate surface area is 121 Å². The number of halogens is 1. The molecule has 0 unspecified atom stereocenters. The highest BCUT2D eigenvalue weighted by Crippen LogP contribution is 2.48. The number of aromatic amines is 1. The van der Waals surface area contributed by atoms with Crippen LogP contribution in [0.1, 0.15) is 20.3 Å². The molecule has 0 amide bonds. The van der Waals surface area contributed by atoms with E-state index in [2.05, 4.69) is 4.98 Å². The number of hydrogen-bond acceptors (Lipinski definition) is 5. The first-order valence-corrected chi connectivity index (χ1v) is 8.40. The van der Waals surface area contributed by atoms with Gasteiger partial charge >= 0.3 is 13.3 Å². The Morgan fingerprint density at radius 1 is 1.30 bits per heavy atom.